The molecule has 0 aliphatic carbocycles. The third-order valence-corrected chi connectivity index (χ3v) is 3.34. The molecule has 0 atom stereocenters. The number of carbonyl (C=O) groups excluding carboxylic acids is 2. The number of likely N-dealkylation sites (tertiary alicyclic amines) is 1. The quantitative estimate of drug-likeness (QED) is 0.643. The van der Waals surface area contributed by atoms with Crippen molar-refractivity contribution < 1.29 is 14.3 Å². The largest absolute Gasteiger partial charge is 0.471 e. The van der Waals surface area contributed by atoms with Gasteiger partial charge in [-0.3, -0.25) is 9.59 Å². The molecular formula is C16H25N3O3. The Hall–Kier alpha value is -2.11. The van der Waals surface area contributed by atoms with E-state index in [1.54, 1.807) is 6.20 Å². The van der Waals surface area contributed by atoms with Crippen LogP contribution in [0.2, 0.25) is 0 Å². The van der Waals surface area contributed by atoms with Crippen LogP contribution in [0.15, 0.2) is 24.4 Å². The molecular weight excluding hydrogens is 282 g/mol. The highest BCUT2D eigenvalue weighted by Gasteiger charge is 2.15. The highest BCUT2D eigenvalue weighted by atomic mass is 16.5. The number of hydrogen-bond donors (Lipinski definition) is 1. The SMILES string of the molecule is COC=O.O=C(CCCNc1ccccn1)N1CCCCC1. The molecule has 6 heteroatoms. The van der Waals surface area contributed by atoms with Gasteiger partial charge in [-0.25, -0.2) is 4.98 Å². The molecule has 0 spiro atoms. The van der Waals surface area contributed by atoms with E-state index in [-0.39, 0.29) is 0 Å². The summed E-state index contributed by atoms with van der Waals surface area (Å²) in [5, 5.41) is 3.22. The lowest BCUT2D eigenvalue weighted by molar-refractivity contribution is -0.132. The molecule has 1 N–H and O–H groups in total. The molecule has 22 heavy (non-hydrogen) atoms. The third-order valence-electron chi connectivity index (χ3n) is 3.34. The average molecular weight is 307 g/mol. The zero-order chi connectivity index (χ0) is 16.0. The number of rotatable bonds is 6. The molecule has 1 aliphatic rings. The second-order valence-electron chi connectivity index (χ2n) is 5.02. The van der Waals surface area contributed by atoms with E-state index in [1.165, 1.54) is 13.5 Å². The smallest absolute Gasteiger partial charge is 0.292 e. The van der Waals surface area contributed by atoms with E-state index >= 15 is 0 Å². The van der Waals surface area contributed by atoms with Crippen LogP contribution in [0.5, 0.6) is 0 Å². The fourth-order valence-electron chi connectivity index (χ4n) is 2.22. The number of pyridine rings is 1. The van der Waals surface area contributed by atoms with Crippen molar-refractivity contribution in [3.8, 4) is 0 Å². The summed E-state index contributed by atoms with van der Waals surface area (Å²) in [6.07, 6.45) is 6.87. The Labute approximate surface area is 131 Å². The molecule has 0 unspecified atom stereocenters. The summed E-state index contributed by atoms with van der Waals surface area (Å²) in [6.45, 7) is 3.08. The topological polar surface area (TPSA) is 71.5 Å². The molecule has 1 aliphatic heterocycles. The number of nitrogens with one attached hydrogen (secondary N) is 1. The van der Waals surface area contributed by atoms with Crippen LogP contribution < -0.4 is 5.32 Å². The Balaban J connectivity index is 0.000000541. The molecule has 0 aromatic carbocycles. The highest BCUT2D eigenvalue weighted by Crippen LogP contribution is 2.10. The van der Waals surface area contributed by atoms with Gasteiger partial charge in [0.05, 0.1) is 7.11 Å². The molecule has 2 heterocycles. The minimum Gasteiger partial charge on any atom is -0.471 e. The Kier molecular flexibility index (Phi) is 9.41. The molecule has 0 radical (unpaired) electrons. The lowest BCUT2D eigenvalue weighted by Crippen LogP contribution is -2.35. The molecule has 6 nitrogen and oxygen atoms in total. The van der Waals surface area contributed by atoms with E-state index in [0.717, 1.165) is 44.7 Å². The normalized spacial score (nSPS) is 13.6. The predicted molar refractivity (Wildman–Crippen MR) is 85.5 cm³/mol. The van der Waals surface area contributed by atoms with Crippen molar-refractivity contribution in [3.05, 3.63) is 24.4 Å². The van der Waals surface area contributed by atoms with Gasteiger partial charge < -0.3 is 15.0 Å². The molecule has 0 bridgehead atoms. The van der Waals surface area contributed by atoms with Crippen molar-refractivity contribution in [1.29, 1.82) is 0 Å². The maximum atomic E-state index is 11.9. The van der Waals surface area contributed by atoms with E-state index in [9.17, 15) is 4.79 Å². The second kappa shape index (κ2) is 11.5. The Morgan fingerprint density at radius 1 is 1.36 bits per heavy atom. The predicted octanol–water partition coefficient (Wildman–Crippen LogP) is 2.08. The summed E-state index contributed by atoms with van der Waals surface area (Å²) in [4.78, 5) is 27.0. The molecule has 1 saturated heterocycles. The fraction of sp³-hybridized carbons (Fsp3) is 0.562. The Bertz CT molecular complexity index is 420. The number of piperidine rings is 1. The summed E-state index contributed by atoms with van der Waals surface area (Å²) in [7, 11) is 1.31. The van der Waals surface area contributed by atoms with E-state index in [4.69, 9.17) is 4.79 Å². The molecule has 2 rings (SSSR count). The number of methoxy groups -OCH3 is 1. The number of aromatic nitrogens is 1. The first-order valence-corrected chi connectivity index (χ1v) is 7.67. The van der Waals surface area contributed by atoms with E-state index in [2.05, 4.69) is 15.0 Å². The number of amides is 1. The summed E-state index contributed by atoms with van der Waals surface area (Å²) in [5.41, 5.74) is 0. The minimum atomic E-state index is 0.303. The Morgan fingerprint density at radius 3 is 2.68 bits per heavy atom. The zero-order valence-electron chi connectivity index (χ0n) is 13.2. The fourth-order valence-corrected chi connectivity index (χ4v) is 2.22. The van der Waals surface area contributed by atoms with E-state index < -0.39 is 0 Å². The van der Waals surface area contributed by atoms with Crippen LogP contribution in [-0.4, -0.2) is 49.0 Å². The summed E-state index contributed by atoms with van der Waals surface area (Å²) in [5.74, 6) is 1.18. The number of anilines is 1. The first-order valence-electron chi connectivity index (χ1n) is 7.67. The van der Waals surface area contributed by atoms with Crippen LogP contribution in [0, 0.1) is 0 Å². The van der Waals surface area contributed by atoms with Crippen LogP contribution in [-0.2, 0) is 14.3 Å². The molecule has 122 valence electrons. The number of hydrogen-bond acceptors (Lipinski definition) is 5. The number of ether oxygens (including phenoxy) is 1. The first kappa shape index (κ1) is 17.9. The standard InChI is InChI=1S/C14H21N3O.C2H4O2/c18-14(17-11-4-1-5-12-17)8-6-10-16-13-7-2-3-9-15-13;1-4-2-3/h2-3,7,9H,1,4-6,8,10-12H2,(H,15,16);2H,1H3. The maximum Gasteiger partial charge on any atom is 0.292 e. The van der Waals surface area contributed by atoms with Crippen molar-refractivity contribution in [1.82, 2.24) is 9.88 Å². The molecule has 0 saturated carbocycles. The van der Waals surface area contributed by atoms with Gasteiger partial charge in [-0.15, -0.1) is 0 Å². The lowest BCUT2D eigenvalue weighted by Gasteiger charge is -2.26. The Morgan fingerprint density at radius 2 is 2.09 bits per heavy atom. The van der Waals surface area contributed by atoms with Crippen molar-refractivity contribution in [3.63, 3.8) is 0 Å². The van der Waals surface area contributed by atoms with Gasteiger partial charge in [-0.05, 0) is 37.8 Å². The van der Waals surface area contributed by atoms with E-state index in [1.807, 2.05) is 23.1 Å². The molecule has 1 aromatic heterocycles. The van der Waals surface area contributed by atoms with Crippen molar-refractivity contribution in [2.75, 3.05) is 32.1 Å². The van der Waals surface area contributed by atoms with Gasteiger partial charge in [0.25, 0.3) is 6.47 Å². The van der Waals surface area contributed by atoms with Gasteiger partial charge in [0.15, 0.2) is 0 Å². The summed E-state index contributed by atoms with van der Waals surface area (Å²) < 4.78 is 3.86. The monoisotopic (exact) mass is 307 g/mol. The highest BCUT2D eigenvalue weighted by molar-refractivity contribution is 5.76. The van der Waals surface area contributed by atoms with E-state index in [0.29, 0.717) is 18.8 Å². The van der Waals surface area contributed by atoms with Crippen LogP contribution in [0.1, 0.15) is 32.1 Å². The van der Waals surface area contributed by atoms with Crippen molar-refractivity contribution in [2.45, 2.75) is 32.1 Å². The minimum absolute atomic E-state index is 0.303. The third kappa shape index (κ3) is 7.61. The maximum absolute atomic E-state index is 11.9. The zero-order valence-corrected chi connectivity index (χ0v) is 13.2. The molecule has 1 fully saturated rings. The molecule has 1 amide bonds. The second-order valence-corrected chi connectivity index (χ2v) is 5.02. The molecule has 1 aromatic rings. The van der Waals surface area contributed by atoms with Crippen molar-refractivity contribution in [2.24, 2.45) is 0 Å². The summed E-state index contributed by atoms with van der Waals surface area (Å²) >= 11 is 0. The van der Waals surface area contributed by atoms with Crippen LogP contribution >= 0.6 is 0 Å². The first-order chi connectivity index (χ1) is 10.8. The van der Waals surface area contributed by atoms with Gasteiger partial charge in [0.1, 0.15) is 5.82 Å². The van der Waals surface area contributed by atoms with Gasteiger partial charge in [0.2, 0.25) is 5.91 Å². The van der Waals surface area contributed by atoms with Crippen LogP contribution in [0.25, 0.3) is 0 Å². The van der Waals surface area contributed by atoms with Crippen LogP contribution in [0.3, 0.4) is 0 Å². The van der Waals surface area contributed by atoms with Gasteiger partial charge in [0, 0.05) is 32.3 Å². The average Bonchev–Trinajstić information content (AvgIpc) is 2.60. The number of carbonyl (C=O) groups is 2. The van der Waals surface area contributed by atoms with Gasteiger partial charge >= 0.3 is 0 Å². The van der Waals surface area contributed by atoms with Gasteiger partial charge in [-0.1, -0.05) is 6.07 Å². The lowest BCUT2D eigenvalue weighted by atomic mass is 10.1. The number of nitrogens with zero attached hydrogens (tertiary/aromatic N) is 2. The van der Waals surface area contributed by atoms with Gasteiger partial charge in [-0.2, -0.15) is 0 Å². The summed E-state index contributed by atoms with van der Waals surface area (Å²) in [6, 6.07) is 5.78. The van der Waals surface area contributed by atoms with Crippen LogP contribution in [0.4, 0.5) is 5.82 Å². The van der Waals surface area contributed by atoms with Crippen molar-refractivity contribution >= 4 is 18.2 Å².